The van der Waals surface area contributed by atoms with Crippen LogP contribution in [0.1, 0.15) is 31.2 Å². The Bertz CT molecular complexity index is 458. The number of rotatable bonds is 4. The second-order valence-corrected chi connectivity index (χ2v) is 4.98. The molecule has 0 spiro atoms. The minimum Gasteiger partial charge on any atom is -0.344 e. The fraction of sp³-hybridized carbons (Fsp3) is 0.467. The van der Waals surface area contributed by atoms with Gasteiger partial charge < -0.3 is 10.2 Å². The second kappa shape index (κ2) is 5.87. The van der Waals surface area contributed by atoms with Crippen LogP contribution in [-0.4, -0.2) is 36.3 Å². The monoisotopic (exact) mass is 260 g/mol. The smallest absolute Gasteiger partial charge is 0.244 e. The van der Waals surface area contributed by atoms with Gasteiger partial charge in [-0.25, -0.2) is 0 Å². The van der Waals surface area contributed by atoms with Crippen molar-refractivity contribution in [1.29, 1.82) is 0 Å². The third-order valence-corrected chi connectivity index (χ3v) is 3.67. The van der Waals surface area contributed by atoms with Gasteiger partial charge in [-0.15, -0.1) is 0 Å². The van der Waals surface area contributed by atoms with E-state index in [4.69, 9.17) is 0 Å². The summed E-state index contributed by atoms with van der Waals surface area (Å²) in [5.41, 5.74) is 1.00. The number of hydrogen-bond acceptors (Lipinski definition) is 2. The molecule has 1 aliphatic rings. The van der Waals surface area contributed by atoms with Crippen LogP contribution >= 0.6 is 0 Å². The van der Waals surface area contributed by atoms with Crippen LogP contribution in [0.3, 0.4) is 0 Å². The number of carbonyl (C=O) groups is 2. The quantitative estimate of drug-likeness (QED) is 0.892. The molecule has 1 aromatic rings. The fourth-order valence-electron chi connectivity index (χ4n) is 2.49. The van der Waals surface area contributed by atoms with Gasteiger partial charge in [-0.3, -0.25) is 9.59 Å². The summed E-state index contributed by atoms with van der Waals surface area (Å²) in [5.74, 6) is -0.224. The Morgan fingerprint density at radius 1 is 1.42 bits per heavy atom. The van der Waals surface area contributed by atoms with E-state index >= 15 is 0 Å². The molecule has 2 amide bonds. The van der Waals surface area contributed by atoms with Crippen molar-refractivity contribution in [3.8, 4) is 0 Å². The van der Waals surface area contributed by atoms with Crippen molar-refractivity contribution in [2.24, 2.45) is 0 Å². The molecule has 1 fully saturated rings. The Morgan fingerprint density at radius 2 is 2.11 bits per heavy atom. The number of carbonyl (C=O) groups excluding carboxylic acids is 2. The largest absolute Gasteiger partial charge is 0.344 e. The van der Waals surface area contributed by atoms with Crippen LogP contribution in [0.15, 0.2) is 30.3 Å². The highest BCUT2D eigenvalue weighted by molar-refractivity contribution is 5.91. The maximum Gasteiger partial charge on any atom is 0.244 e. The number of nitrogens with zero attached hydrogens (tertiary/aromatic N) is 1. The Kier molecular flexibility index (Phi) is 4.20. The zero-order chi connectivity index (χ0) is 13.8. The first kappa shape index (κ1) is 13.6. The van der Waals surface area contributed by atoms with E-state index in [9.17, 15) is 9.59 Å². The van der Waals surface area contributed by atoms with E-state index < -0.39 is 0 Å². The van der Waals surface area contributed by atoms with Crippen molar-refractivity contribution in [3.05, 3.63) is 35.9 Å². The van der Waals surface area contributed by atoms with Gasteiger partial charge in [0, 0.05) is 13.6 Å². The summed E-state index contributed by atoms with van der Waals surface area (Å²) >= 11 is 0. The summed E-state index contributed by atoms with van der Waals surface area (Å²) in [4.78, 5) is 25.8. The van der Waals surface area contributed by atoms with Gasteiger partial charge in [0.25, 0.3) is 0 Å². The molecule has 0 bridgehead atoms. The molecule has 2 unspecified atom stereocenters. The molecule has 1 heterocycles. The number of likely N-dealkylation sites (N-methyl/N-ethyl adjacent to an activating group) is 1. The summed E-state index contributed by atoms with van der Waals surface area (Å²) in [7, 11) is 1.77. The molecule has 4 heteroatoms. The third-order valence-electron chi connectivity index (χ3n) is 3.67. The topological polar surface area (TPSA) is 49.4 Å². The fourth-order valence-corrected chi connectivity index (χ4v) is 2.49. The predicted molar refractivity (Wildman–Crippen MR) is 73.7 cm³/mol. The second-order valence-electron chi connectivity index (χ2n) is 4.98. The van der Waals surface area contributed by atoms with Gasteiger partial charge in [-0.05, 0) is 18.4 Å². The van der Waals surface area contributed by atoms with Gasteiger partial charge in [0.05, 0.1) is 5.92 Å². The van der Waals surface area contributed by atoms with Crippen molar-refractivity contribution in [1.82, 2.24) is 10.2 Å². The zero-order valence-corrected chi connectivity index (χ0v) is 11.4. The molecule has 0 aliphatic carbocycles. The van der Waals surface area contributed by atoms with Crippen molar-refractivity contribution in [2.75, 3.05) is 13.6 Å². The van der Waals surface area contributed by atoms with E-state index in [1.54, 1.807) is 11.9 Å². The minimum absolute atomic E-state index is 0.0104. The Morgan fingerprint density at radius 3 is 2.63 bits per heavy atom. The molecule has 0 saturated carbocycles. The molecule has 0 radical (unpaired) electrons. The lowest BCUT2D eigenvalue weighted by atomic mass is 9.95. The lowest BCUT2D eigenvalue weighted by molar-refractivity contribution is -0.132. The van der Waals surface area contributed by atoms with Crippen LogP contribution < -0.4 is 5.32 Å². The SMILES string of the molecule is CCC(C(=O)NC1CCN(C)C1=O)c1ccccc1. The Labute approximate surface area is 113 Å². The lowest BCUT2D eigenvalue weighted by Crippen LogP contribution is -2.42. The Hall–Kier alpha value is -1.84. The summed E-state index contributed by atoms with van der Waals surface area (Å²) in [6, 6.07) is 9.35. The van der Waals surface area contributed by atoms with Crippen molar-refractivity contribution in [2.45, 2.75) is 31.7 Å². The normalized spacial score (nSPS) is 20.4. The third kappa shape index (κ3) is 2.95. The first-order valence-corrected chi connectivity index (χ1v) is 6.73. The van der Waals surface area contributed by atoms with Gasteiger partial charge in [0.15, 0.2) is 0 Å². The highest BCUT2D eigenvalue weighted by atomic mass is 16.2. The van der Waals surface area contributed by atoms with Crippen LogP contribution in [0.2, 0.25) is 0 Å². The maximum atomic E-state index is 12.3. The molecular weight excluding hydrogens is 240 g/mol. The average molecular weight is 260 g/mol. The molecule has 1 aliphatic heterocycles. The number of likely N-dealkylation sites (tertiary alicyclic amines) is 1. The number of hydrogen-bond donors (Lipinski definition) is 1. The Balaban J connectivity index is 2.04. The van der Waals surface area contributed by atoms with E-state index in [2.05, 4.69) is 5.32 Å². The molecule has 0 aromatic heterocycles. The van der Waals surface area contributed by atoms with Crippen molar-refractivity contribution in [3.63, 3.8) is 0 Å². The van der Waals surface area contributed by atoms with E-state index in [1.807, 2.05) is 37.3 Å². The van der Waals surface area contributed by atoms with Gasteiger partial charge >= 0.3 is 0 Å². The molecular formula is C15H20N2O2. The number of benzene rings is 1. The first-order chi connectivity index (χ1) is 9.13. The highest BCUT2D eigenvalue weighted by Crippen LogP contribution is 2.20. The summed E-state index contributed by atoms with van der Waals surface area (Å²) in [5, 5.41) is 2.88. The van der Waals surface area contributed by atoms with Gasteiger partial charge in [0.2, 0.25) is 11.8 Å². The molecule has 102 valence electrons. The summed E-state index contributed by atoms with van der Waals surface area (Å²) in [6.07, 6.45) is 1.43. The molecule has 1 aromatic carbocycles. The van der Waals surface area contributed by atoms with Crippen molar-refractivity contribution >= 4 is 11.8 Å². The van der Waals surface area contributed by atoms with E-state index in [-0.39, 0.29) is 23.8 Å². The number of nitrogens with one attached hydrogen (secondary N) is 1. The van der Waals surface area contributed by atoms with Crippen LogP contribution in [0.5, 0.6) is 0 Å². The molecule has 2 atom stereocenters. The maximum absolute atomic E-state index is 12.3. The lowest BCUT2D eigenvalue weighted by Gasteiger charge is -2.18. The zero-order valence-electron chi connectivity index (χ0n) is 11.4. The molecule has 4 nitrogen and oxygen atoms in total. The first-order valence-electron chi connectivity index (χ1n) is 6.73. The van der Waals surface area contributed by atoms with Crippen LogP contribution in [-0.2, 0) is 9.59 Å². The van der Waals surface area contributed by atoms with Gasteiger partial charge in [-0.2, -0.15) is 0 Å². The average Bonchev–Trinajstić information content (AvgIpc) is 2.73. The molecule has 2 rings (SSSR count). The van der Waals surface area contributed by atoms with Gasteiger partial charge in [-0.1, -0.05) is 37.3 Å². The van der Waals surface area contributed by atoms with Crippen molar-refractivity contribution < 1.29 is 9.59 Å². The molecule has 1 N–H and O–H groups in total. The van der Waals surface area contributed by atoms with E-state index in [0.29, 0.717) is 13.0 Å². The van der Waals surface area contributed by atoms with Crippen LogP contribution in [0.4, 0.5) is 0 Å². The highest BCUT2D eigenvalue weighted by Gasteiger charge is 2.32. The number of amides is 2. The van der Waals surface area contributed by atoms with E-state index in [1.165, 1.54) is 0 Å². The van der Waals surface area contributed by atoms with Crippen LogP contribution in [0, 0.1) is 0 Å². The summed E-state index contributed by atoms with van der Waals surface area (Å²) in [6.45, 7) is 2.70. The molecule has 19 heavy (non-hydrogen) atoms. The predicted octanol–water partition coefficient (Wildman–Crippen LogP) is 1.53. The van der Waals surface area contributed by atoms with Crippen LogP contribution in [0.25, 0.3) is 0 Å². The summed E-state index contributed by atoms with van der Waals surface area (Å²) < 4.78 is 0. The van der Waals surface area contributed by atoms with Gasteiger partial charge in [0.1, 0.15) is 6.04 Å². The standard InChI is InChI=1S/C15H20N2O2/c1-3-12(11-7-5-4-6-8-11)14(18)16-13-9-10-17(2)15(13)19/h4-8,12-13H,3,9-10H2,1-2H3,(H,16,18). The minimum atomic E-state index is -0.352. The molecule has 1 saturated heterocycles. The van der Waals surface area contributed by atoms with E-state index in [0.717, 1.165) is 12.0 Å².